The second-order valence-corrected chi connectivity index (χ2v) is 2.75. The highest BCUT2D eigenvalue weighted by atomic mass is 79.9. The Morgan fingerprint density at radius 1 is 1.45 bits per heavy atom. The minimum absolute atomic E-state index is 0.186. The fraction of sp³-hybridized carbons (Fsp3) is 0. The van der Waals surface area contributed by atoms with Gasteiger partial charge in [0.2, 0.25) is 0 Å². The fourth-order valence-corrected chi connectivity index (χ4v) is 0.926. The lowest BCUT2D eigenvalue weighted by molar-refractivity contribution is 0.461. The first-order valence-corrected chi connectivity index (χ1v) is 3.59. The molecule has 0 fully saturated rings. The van der Waals surface area contributed by atoms with Crippen molar-refractivity contribution >= 4 is 15.9 Å². The largest absolute Gasteiger partial charge is 0.503 e. The predicted molar refractivity (Wildman–Crippen MR) is 42.0 cm³/mol. The van der Waals surface area contributed by atoms with E-state index in [1.165, 1.54) is 12.1 Å². The molecule has 0 aliphatic carbocycles. The zero-order chi connectivity index (χ0) is 8.43. The Morgan fingerprint density at radius 2 is 2.09 bits per heavy atom. The Kier molecular flexibility index (Phi) is 2.24. The highest BCUT2D eigenvalue weighted by Gasteiger charge is 2.03. The van der Waals surface area contributed by atoms with Crippen molar-refractivity contribution in [3.63, 3.8) is 0 Å². The van der Waals surface area contributed by atoms with E-state index in [4.69, 9.17) is 5.11 Å². The van der Waals surface area contributed by atoms with Gasteiger partial charge in [0.25, 0.3) is 5.43 Å². The molecule has 0 heterocycles. The predicted octanol–water partition coefficient (Wildman–Crippen LogP) is 1.65. The number of aromatic hydroxyl groups is 1. The molecule has 11 heavy (non-hydrogen) atoms. The van der Waals surface area contributed by atoms with Gasteiger partial charge in [-0.1, -0.05) is 6.07 Å². The summed E-state index contributed by atoms with van der Waals surface area (Å²) in [6.07, 6.45) is 0. The van der Waals surface area contributed by atoms with Crippen LogP contribution < -0.4 is 5.43 Å². The molecule has 1 N–H and O–H groups in total. The van der Waals surface area contributed by atoms with Crippen molar-refractivity contribution in [3.05, 3.63) is 38.7 Å². The average Bonchev–Trinajstić information content (AvgIpc) is 2.07. The summed E-state index contributed by atoms with van der Waals surface area (Å²) in [6, 6.07) is 3.72. The first-order chi connectivity index (χ1) is 5.13. The van der Waals surface area contributed by atoms with Crippen molar-refractivity contribution in [1.82, 2.24) is 0 Å². The molecule has 1 aromatic carbocycles. The highest BCUT2D eigenvalue weighted by molar-refractivity contribution is 9.10. The Bertz CT molecular complexity index is 338. The van der Waals surface area contributed by atoms with E-state index in [1.807, 2.05) is 0 Å². The van der Waals surface area contributed by atoms with Gasteiger partial charge < -0.3 is 5.11 Å². The summed E-state index contributed by atoms with van der Waals surface area (Å²) >= 11 is 2.89. The quantitative estimate of drug-likeness (QED) is 0.720. The number of halogens is 2. The van der Waals surface area contributed by atoms with Crippen molar-refractivity contribution in [2.24, 2.45) is 0 Å². The lowest BCUT2D eigenvalue weighted by Crippen LogP contribution is -2.01. The summed E-state index contributed by atoms with van der Waals surface area (Å²) in [7, 11) is 0. The minimum Gasteiger partial charge on any atom is -0.503 e. The zero-order valence-corrected chi connectivity index (χ0v) is 6.93. The fourth-order valence-electron chi connectivity index (χ4n) is 0.593. The number of hydrogen-bond acceptors (Lipinski definition) is 2. The average molecular weight is 219 g/mol. The standard InChI is InChI=1S/C7H4BrFO2/c8-4-2-1-3-5(9)7(11)6(4)10/h1-3H,(H,10,11). The molecule has 4 heteroatoms. The maximum absolute atomic E-state index is 12.5. The van der Waals surface area contributed by atoms with Crippen molar-refractivity contribution < 1.29 is 9.50 Å². The lowest BCUT2D eigenvalue weighted by atomic mass is 10.4. The molecule has 58 valence electrons. The highest BCUT2D eigenvalue weighted by Crippen LogP contribution is 2.17. The topological polar surface area (TPSA) is 37.3 Å². The Morgan fingerprint density at radius 3 is 2.73 bits per heavy atom. The molecule has 0 aliphatic heterocycles. The van der Waals surface area contributed by atoms with E-state index in [1.54, 1.807) is 0 Å². The Hall–Kier alpha value is -0.900. The monoisotopic (exact) mass is 218 g/mol. The summed E-state index contributed by atoms with van der Waals surface area (Å²) in [6.45, 7) is 0. The summed E-state index contributed by atoms with van der Waals surface area (Å²) in [5.41, 5.74) is -0.998. The summed E-state index contributed by atoms with van der Waals surface area (Å²) in [4.78, 5) is 10.7. The Balaban J connectivity index is 3.62. The first kappa shape index (κ1) is 8.20. The van der Waals surface area contributed by atoms with Gasteiger partial charge >= 0.3 is 0 Å². The van der Waals surface area contributed by atoms with Gasteiger partial charge in [-0.3, -0.25) is 4.79 Å². The summed E-state index contributed by atoms with van der Waals surface area (Å²) in [5, 5.41) is 8.95. The van der Waals surface area contributed by atoms with Gasteiger partial charge in [0, 0.05) is 0 Å². The van der Waals surface area contributed by atoms with E-state index < -0.39 is 17.0 Å². The van der Waals surface area contributed by atoms with Crippen LogP contribution in [-0.2, 0) is 0 Å². The van der Waals surface area contributed by atoms with Gasteiger partial charge in [-0.05, 0) is 28.1 Å². The molecule has 0 spiro atoms. The van der Waals surface area contributed by atoms with Crippen LogP contribution in [0.1, 0.15) is 0 Å². The van der Waals surface area contributed by atoms with Crippen molar-refractivity contribution in [1.29, 1.82) is 0 Å². The third kappa shape index (κ3) is 1.57. The molecular weight excluding hydrogens is 215 g/mol. The summed E-state index contributed by atoms with van der Waals surface area (Å²) in [5.74, 6) is -1.57. The second-order valence-electron chi connectivity index (χ2n) is 1.90. The van der Waals surface area contributed by atoms with Crippen LogP contribution in [-0.4, -0.2) is 5.11 Å². The maximum atomic E-state index is 12.5. The van der Waals surface area contributed by atoms with Crippen molar-refractivity contribution in [3.8, 4) is 5.75 Å². The third-order valence-corrected chi connectivity index (χ3v) is 1.78. The van der Waals surface area contributed by atoms with Crippen LogP contribution in [0.5, 0.6) is 5.75 Å². The van der Waals surface area contributed by atoms with Crippen LogP contribution in [0.2, 0.25) is 0 Å². The molecule has 2 nitrogen and oxygen atoms in total. The molecule has 0 amide bonds. The van der Waals surface area contributed by atoms with Crippen molar-refractivity contribution in [2.45, 2.75) is 0 Å². The minimum atomic E-state index is -0.998. The third-order valence-electron chi connectivity index (χ3n) is 1.14. The normalized spacial score (nSPS) is 9.64. The van der Waals surface area contributed by atoms with Gasteiger partial charge in [0.15, 0.2) is 11.6 Å². The first-order valence-electron chi connectivity index (χ1n) is 2.80. The smallest absolute Gasteiger partial charge is 0.256 e. The molecule has 0 aromatic heterocycles. The van der Waals surface area contributed by atoms with Gasteiger partial charge in [0.05, 0.1) is 4.47 Å². The van der Waals surface area contributed by atoms with Gasteiger partial charge in [0.1, 0.15) is 0 Å². The van der Waals surface area contributed by atoms with E-state index in [9.17, 15) is 9.18 Å². The second kappa shape index (κ2) is 3.00. The number of hydrogen-bond donors (Lipinski definition) is 1. The molecular formula is C7H4BrFO2. The summed E-state index contributed by atoms with van der Waals surface area (Å²) < 4.78 is 12.7. The van der Waals surface area contributed by atoms with Crippen LogP contribution in [0.15, 0.2) is 27.5 Å². The Labute approximate surface area is 70.4 Å². The molecule has 1 rings (SSSR count). The van der Waals surface area contributed by atoms with Crippen LogP contribution in [0.4, 0.5) is 4.39 Å². The zero-order valence-electron chi connectivity index (χ0n) is 5.34. The van der Waals surface area contributed by atoms with E-state index in [0.29, 0.717) is 0 Å². The van der Waals surface area contributed by atoms with Crippen LogP contribution >= 0.6 is 15.9 Å². The van der Waals surface area contributed by atoms with Gasteiger partial charge in [-0.2, -0.15) is 0 Å². The van der Waals surface area contributed by atoms with E-state index in [-0.39, 0.29) is 4.47 Å². The van der Waals surface area contributed by atoms with E-state index in [2.05, 4.69) is 15.9 Å². The van der Waals surface area contributed by atoms with Crippen LogP contribution in [0.25, 0.3) is 0 Å². The van der Waals surface area contributed by atoms with Crippen LogP contribution in [0, 0.1) is 5.82 Å². The molecule has 0 unspecified atom stereocenters. The SMILES string of the molecule is O=c1c(F)cccc(Br)c1O. The molecule has 0 aliphatic rings. The molecule has 0 saturated carbocycles. The number of rotatable bonds is 0. The van der Waals surface area contributed by atoms with Crippen molar-refractivity contribution in [2.75, 3.05) is 0 Å². The molecule has 0 radical (unpaired) electrons. The lowest BCUT2D eigenvalue weighted by Gasteiger charge is -1.84. The molecule has 0 bridgehead atoms. The van der Waals surface area contributed by atoms with Gasteiger partial charge in [-0.15, -0.1) is 0 Å². The molecule has 0 saturated heterocycles. The van der Waals surface area contributed by atoms with Crippen LogP contribution in [0.3, 0.4) is 0 Å². The maximum Gasteiger partial charge on any atom is 0.256 e. The van der Waals surface area contributed by atoms with E-state index in [0.717, 1.165) is 6.07 Å². The molecule has 1 aromatic rings. The molecule has 0 atom stereocenters. The van der Waals surface area contributed by atoms with E-state index >= 15 is 0 Å². The van der Waals surface area contributed by atoms with Gasteiger partial charge in [-0.25, -0.2) is 4.39 Å².